The molecule has 7 heteroatoms. The Kier molecular flexibility index (Phi) is 4.62. The van der Waals surface area contributed by atoms with Gasteiger partial charge in [0.2, 0.25) is 0 Å². The summed E-state index contributed by atoms with van der Waals surface area (Å²) >= 11 is 1.42. The van der Waals surface area contributed by atoms with E-state index in [0.29, 0.717) is 24.2 Å². The smallest absolute Gasteiger partial charge is 0.338 e. The van der Waals surface area contributed by atoms with Crippen LogP contribution in [0, 0.1) is 0 Å². The molecule has 2 rings (SSSR count). The lowest BCUT2D eigenvalue weighted by Crippen LogP contribution is -2.12. The minimum absolute atomic E-state index is 0.318. The normalized spacial score (nSPS) is 10.5. The Bertz CT molecular complexity index is 612. The summed E-state index contributed by atoms with van der Waals surface area (Å²) in [5.41, 5.74) is 0.949. The maximum atomic E-state index is 11.4. The van der Waals surface area contributed by atoms with Gasteiger partial charge in [-0.1, -0.05) is 6.07 Å². The Morgan fingerprint density at radius 3 is 2.90 bits per heavy atom. The molecular weight excluding hydrogens is 276 g/mol. The molecule has 0 bridgehead atoms. The van der Waals surface area contributed by atoms with Crippen LogP contribution in [0.15, 0.2) is 29.4 Å². The number of benzene rings is 1. The number of thioether (sulfide) groups is 1. The number of hydrogen-bond acceptors (Lipinski definition) is 5. The van der Waals surface area contributed by atoms with Crippen LogP contribution in [0.25, 0.3) is 0 Å². The Morgan fingerprint density at radius 1 is 1.50 bits per heavy atom. The molecule has 0 spiro atoms. The summed E-state index contributed by atoms with van der Waals surface area (Å²) < 4.78 is 1.85. The van der Waals surface area contributed by atoms with E-state index in [0.717, 1.165) is 10.7 Å². The number of anilines is 1. The average molecular weight is 292 g/mol. The molecule has 0 aliphatic heterocycles. The molecule has 0 aliphatic rings. The maximum absolute atomic E-state index is 11.4. The first-order chi connectivity index (χ1) is 9.63. The summed E-state index contributed by atoms with van der Waals surface area (Å²) in [5, 5.41) is 20.3. The number of carboxylic acid groups (broad SMARTS) is 1. The van der Waals surface area contributed by atoms with Gasteiger partial charge in [-0.2, -0.15) is 0 Å². The van der Waals surface area contributed by atoms with Gasteiger partial charge in [0.05, 0.1) is 5.56 Å². The molecule has 106 valence electrons. The summed E-state index contributed by atoms with van der Waals surface area (Å²) in [6, 6.07) is 5.44. The molecule has 2 aromatic rings. The van der Waals surface area contributed by atoms with Crippen LogP contribution in [0.2, 0.25) is 0 Å². The maximum Gasteiger partial charge on any atom is 0.338 e. The third-order valence-corrected chi connectivity index (χ3v) is 3.71. The van der Waals surface area contributed by atoms with Gasteiger partial charge in [-0.3, -0.25) is 0 Å². The second-order valence-electron chi connectivity index (χ2n) is 4.22. The van der Waals surface area contributed by atoms with Crippen LogP contribution in [0.5, 0.6) is 0 Å². The van der Waals surface area contributed by atoms with Gasteiger partial charge in [-0.25, -0.2) is 4.79 Å². The second-order valence-corrected chi connectivity index (χ2v) is 5.07. The van der Waals surface area contributed by atoms with Crippen molar-refractivity contribution in [3.05, 3.63) is 35.9 Å². The molecule has 0 fully saturated rings. The third-order valence-electron chi connectivity index (χ3n) is 2.93. The fourth-order valence-electron chi connectivity index (χ4n) is 1.91. The zero-order valence-corrected chi connectivity index (χ0v) is 12.1. The summed E-state index contributed by atoms with van der Waals surface area (Å²) in [7, 11) is 1.88. The Labute approximate surface area is 121 Å². The van der Waals surface area contributed by atoms with E-state index in [9.17, 15) is 9.90 Å². The number of carbonyl (C=O) groups is 1. The first kappa shape index (κ1) is 14.4. The van der Waals surface area contributed by atoms with E-state index in [2.05, 4.69) is 15.5 Å². The van der Waals surface area contributed by atoms with Crippen LogP contribution < -0.4 is 5.32 Å². The highest BCUT2D eigenvalue weighted by Gasteiger charge is 2.14. The van der Waals surface area contributed by atoms with Crippen molar-refractivity contribution in [3.8, 4) is 0 Å². The van der Waals surface area contributed by atoms with E-state index in [4.69, 9.17) is 0 Å². The Hall–Kier alpha value is -2.02. The van der Waals surface area contributed by atoms with Gasteiger partial charge < -0.3 is 15.0 Å². The number of carboxylic acids is 1. The Balaban J connectivity index is 2.09. The lowest BCUT2D eigenvalue weighted by atomic mass is 10.1. The number of nitrogens with one attached hydrogen (secondary N) is 1. The van der Waals surface area contributed by atoms with Crippen LogP contribution in [0.3, 0.4) is 0 Å². The number of aromatic nitrogens is 3. The number of aromatic carboxylic acids is 1. The molecule has 2 N–H and O–H groups in total. The fraction of sp³-hybridized carbons (Fsp3) is 0.308. The van der Waals surface area contributed by atoms with Crippen molar-refractivity contribution in [1.29, 1.82) is 0 Å². The number of hydrogen-bond donors (Lipinski definition) is 2. The molecule has 0 unspecified atom stereocenters. The summed E-state index contributed by atoms with van der Waals surface area (Å²) in [6.07, 6.45) is 4.19. The van der Waals surface area contributed by atoms with Crippen LogP contribution in [-0.4, -0.2) is 38.6 Å². The van der Waals surface area contributed by atoms with Crippen molar-refractivity contribution in [1.82, 2.24) is 14.8 Å². The number of nitrogens with zero attached hydrogens (tertiary/aromatic N) is 3. The zero-order valence-electron chi connectivity index (χ0n) is 11.3. The van der Waals surface area contributed by atoms with E-state index >= 15 is 0 Å². The summed E-state index contributed by atoms with van der Waals surface area (Å²) in [6.45, 7) is 0.602. The predicted octanol–water partition coefficient (Wildman–Crippen LogP) is 1.89. The molecule has 20 heavy (non-hydrogen) atoms. The van der Waals surface area contributed by atoms with E-state index < -0.39 is 5.97 Å². The van der Waals surface area contributed by atoms with Gasteiger partial charge in [0.15, 0.2) is 0 Å². The van der Waals surface area contributed by atoms with Gasteiger partial charge >= 0.3 is 5.97 Å². The minimum atomic E-state index is -0.920. The van der Waals surface area contributed by atoms with Crippen LogP contribution >= 0.6 is 11.8 Å². The topological polar surface area (TPSA) is 80.0 Å². The SMILES string of the molecule is CSc1cccc(NCCc2nncn2C)c1C(=O)O. The molecule has 6 nitrogen and oxygen atoms in total. The Morgan fingerprint density at radius 2 is 2.30 bits per heavy atom. The largest absolute Gasteiger partial charge is 0.478 e. The van der Waals surface area contributed by atoms with E-state index in [1.807, 2.05) is 30.0 Å². The highest BCUT2D eigenvalue weighted by molar-refractivity contribution is 7.98. The van der Waals surface area contributed by atoms with Crippen LogP contribution in [-0.2, 0) is 13.5 Å². The second kappa shape index (κ2) is 6.42. The first-order valence-electron chi connectivity index (χ1n) is 6.10. The summed E-state index contributed by atoms with van der Waals surface area (Å²) in [4.78, 5) is 12.1. The van der Waals surface area contributed by atoms with Crippen molar-refractivity contribution in [2.24, 2.45) is 7.05 Å². The van der Waals surface area contributed by atoms with Crippen molar-refractivity contribution >= 4 is 23.4 Å². The van der Waals surface area contributed by atoms with Crippen molar-refractivity contribution < 1.29 is 9.90 Å². The molecule has 0 radical (unpaired) electrons. The van der Waals surface area contributed by atoms with Gasteiger partial charge in [-0.15, -0.1) is 22.0 Å². The van der Waals surface area contributed by atoms with Crippen molar-refractivity contribution in [3.63, 3.8) is 0 Å². The molecule has 0 amide bonds. The molecule has 0 saturated carbocycles. The van der Waals surface area contributed by atoms with Gasteiger partial charge in [-0.05, 0) is 18.4 Å². The highest BCUT2D eigenvalue weighted by atomic mass is 32.2. The molecule has 0 saturated heterocycles. The number of rotatable bonds is 6. The first-order valence-corrected chi connectivity index (χ1v) is 7.33. The van der Waals surface area contributed by atoms with Gasteiger partial charge in [0, 0.05) is 30.6 Å². The van der Waals surface area contributed by atoms with Crippen molar-refractivity contribution in [2.45, 2.75) is 11.3 Å². The predicted molar refractivity (Wildman–Crippen MR) is 78.4 cm³/mol. The lowest BCUT2D eigenvalue weighted by molar-refractivity contribution is 0.0694. The van der Waals surface area contributed by atoms with Crippen LogP contribution in [0.1, 0.15) is 16.2 Å². The minimum Gasteiger partial charge on any atom is -0.478 e. The van der Waals surface area contributed by atoms with Crippen LogP contribution in [0.4, 0.5) is 5.69 Å². The van der Waals surface area contributed by atoms with E-state index in [-0.39, 0.29) is 0 Å². The van der Waals surface area contributed by atoms with Gasteiger partial charge in [0.25, 0.3) is 0 Å². The molecular formula is C13H16N4O2S. The number of aryl methyl sites for hydroxylation is 1. The zero-order chi connectivity index (χ0) is 14.5. The highest BCUT2D eigenvalue weighted by Crippen LogP contribution is 2.27. The van der Waals surface area contributed by atoms with E-state index in [1.54, 1.807) is 12.4 Å². The third kappa shape index (κ3) is 3.11. The molecule has 1 heterocycles. The molecule has 1 aromatic carbocycles. The molecule has 0 atom stereocenters. The molecule has 0 aliphatic carbocycles. The average Bonchev–Trinajstić information content (AvgIpc) is 2.84. The fourth-order valence-corrected chi connectivity index (χ4v) is 2.53. The molecule has 1 aromatic heterocycles. The summed E-state index contributed by atoms with van der Waals surface area (Å²) in [5.74, 6) is -0.0634. The quantitative estimate of drug-likeness (QED) is 0.791. The van der Waals surface area contributed by atoms with Crippen molar-refractivity contribution in [2.75, 3.05) is 18.1 Å². The lowest BCUT2D eigenvalue weighted by Gasteiger charge is -2.12. The van der Waals surface area contributed by atoms with E-state index in [1.165, 1.54) is 11.8 Å². The monoisotopic (exact) mass is 292 g/mol. The van der Waals surface area contributed by atoms with Gasteiger partial charge in [0.1, 0.15) is 12.2 Å². The standard InChI is InChI=1S/C13H16N4O2S/c1-17-8-15-16-11(17)6-7-14-9-4-3-5-10(20-2)12(9)13(18)19/h3-5,8,14H,6-7H2,1-2H3,(H,18,19).